The molecule has 1 heterocycles. The SMILES string of the molecule is Cc1nc(C[C@@H](CO)C(=O)N(C)c2ccc(F)cc2)c(C#N)c(C)c1Cl. The molecule has 1 atom stereocenters. The zero-order valence-corrected chi connectivity index (χ0v) is 15.5. The number of anilines is 1. The molecular formula is C19H19ClFN3O2. The summed E-state index contributed by atoms with van der Waals surface area (Å²) < 4.78 is 13.1. The number of hydrogen-bond donors (Lipinski definition) is 1. The number of pyridine rings is 1. The second-order valence-electron chi connectivity index (χ2n) is 6.03. The van der Waals surface area contributed by atoms with Crippen molar-refractivity contribution in [2.24, 2.45) is 5.92 Å². The number of aromatic nitrogens is 1. The molecular weight excluding hydrogens is 357 g/mol. The molecule has 136 valence electrons. The van der Waals surface area contributed by atoms with Crippen LogP contribution in [0.3, 0.4) is 0 Å². The van der Waals surface area contributed by atoms with Gasteiger partial charge < -0.3 is 10.0 Å². The van der Waals surface area contributed by atoms with E-state index in [2.05, 4.69) is 11.1 Å². The van der Waals surface area contributed by atoms with E-state index in [0.717, 1.165) is 0 Å². The average Bonchev–Trinajstić information content (AvgIpc) is 2.63. The normalized spacial score (nSPS) is 11.7. The average molecular weight is 376 g/mol. The van der Waals surface area contributed by atoms with Gasteiger partial charge in [0.1, 0.15) is 11.9 Å². The highest BCUT2D eigenvalue weighted by Crippen LogP contribution is 2.26. The van der Waals surface area contributed by atoms with Crippen LogP contribution in [0.25, 0.3) is 0 Å². The van der Waals surface area contributed by atoms with E-state index >= 15 is 0 Å². The first kappa shape index (κ1) is 19.8. The number of nitriles is 1. The summed E-state index contributed by atoms with van der Waals surface area (Å²) in [5.74, 6) is -1.54. The number of amides is 1. The fraction of sp³-hybridized carbons (Fsp3) is 0.316. The van der Waals surface area contributed by atoms with Gasteiger partial charge in [-0.1, -0.05) is 11.6 Å². The third-order valence-corrected chi connectivity index (χ3v) is 4.84. The summed E-state index contributed by atoms with van der Waals surface area (Å²) >= 11 is 6.14. The maximum atomic E-state index is 13.1. The number of halogens is 2. The number of aliphatic hydroxyl groups excluding tert-OH is 1. The molecule has 26 heavy (non-hydrogen) atoms. The van der Waals surface area contributed by atoms with E-state index in [4.69, 9.17) is 11.6 Å². The lowest BCUT2D eigenvalue weighted by atomic mass is 9.96. The lowest BCUT2D eigenvalue weighted by molar-refractivity contribution is -0.123. The molecule has 0 fully saturated rings. The third-order valence-electron chi connectivity index (χ3n) is 4.28. The van der Waals surface area contributed by atoms with Crippen LogP contribution in [0.4, 0.5) is 10.1 Å². The quantitative estimate of drug-likeness (QED) is 0.870. The molecule has 7 heteroatoms. The van der Waals surface area contributed by atoms with Crippen LogP contribution in [0.2, 0.25) is 5.02 Å². The maximum absolute atomic E-state index is 13.1. The van der Waals surface area contributed by atoms with Crippen molar-refractivity contribution in [3.63, 3.8) is 0 Å². The summed E-state index contributed by atoms with van der Waals surface area (Å²) in [7, 11) is 1.55. The Morgan fingerprint density at radius 3 is 2.54 bits per heavy atom. The van der Waals surface area contributed by atoms with Gasteiger partial charge in [0.25, 0.3) is 0 Å². The first-order valence-corrected chi connectivity index (χ1v) is 8.37. The van der Waals surface area contributed by atoms with Crippen LogP contribution in [0.15, 0.2) is 24.3 Å². The molecule has 1 aromatic carbocycles. The molecule has 0 saturated heterocycles. The number of carbonyl (C=O) groups is 1. The smallest absolute Gasteiger partial charge is 0.232 e. The summed E-state index contributed by atoms with van der Waals surface area (Å²) in [6, 6.07) is 7.56. The van der Waals surface area contributed by atoms with E-state index in [1.165, 1.54) is 29.2 Å². The lowest BCUT2D eigenvalue weighted by Gasteiger charge is -2.23. The van der Waals surface area contributed by atoms with E-state index < -0.39 is 18.3 Å². The second kappa shape index (κ2) is 8.26. The Hall–Kier alpha value is -2.49. The molecule has 0 aliphatic rings. The van der Waals surface area contributed by atoms with Crippen LogP contribution in [0.1, 0.15) is 22.5 Å². The number of aliphatic hydroxyl groups is 1. The molecule has 1 aromatic heterocycles. The second-order valence-corrected chi connectivity index (χ2v) is 6.40. The Kier molecular flexibility index (Phi) is 6.30. The van der Waals surface area contributed by atoms with Gasteiger partial charge in [-0.2, -0.15) is 5.26 Å². The predicted octanol–water partition coefficient (Wildman–Crippen LogP) is 3.18. The van der Waals surface area contributed by atoms with Crippen molar-refractivity contribution < 1.29 is 14.3 Å². The molecule has 0 bridgehead atoms. The summed E-state index contributed by atoms with van der Waals surface area (Å²) in [6.07, 6.45) is 0.0998. The number of hydrogen-bond acceptors (Lipinski definition) is 4. The van der Waals surface area contributed by atoms with Gasteiger partial charge in [0, 0.05) is 19.2 Å². The van der Waals surface area contributed by atoms with Crippen LogP contribution >= 0.6 is 11.6 Å². The summed E-state index contributed by atoms with van der Waals surface area (Å²) in [5, 5.41) is 19.5. The Bertz CT molecular complexity index is 863. The largest absolute Gasteiger partial charge is 0.396 e. The van der Waals surface area contributed by atoms with E-state index in [0.29, 0.717) is 33.2 Å². The fourth-order valence-electron chi connectivity index (χ4n) is 2.73. The van der Waals surface area contributed by atoms with Gasteiger partial charge in [-0.05, 0) is 43.7 Å². The molecule has 0 saturated carbocycles. The molecule has 0 radical (unpaired) electrons. The minimum atomic E-state index is -0.787. The number of carbonyl (C=O) groups excluding carboxylic acids is 1. The van der Waals surface area contributed by atoms with E-state index in [9.17, 15) is 19.6 Å². The van der Waals surface area contributed by atoms with Crippen LogP contribution in [-0.2, 0) is 11.2 Å². The monoisotopic (exact) mass is 375 g/mol. The molecule has 0 spiro atoms. The summed E-state index contributed by atoms with van der Waals surface area (Å²) in [4.78, 5) is 18.4. The van der Waals surface area contributed by atoms with Gasteiger partial charge in [-0.15, -0.1) is 0 Å². The standard InChI is InChI=1S/C19H19ClFN3O2/c1-11-16(9-22)17(23-12(2)18(11)20)8-13(10-25)19(26)24(3)15-6-4-14(21)5-7-15/h4-7,13,25H,8,10H2,1-3H3/t13-/m0/s1. The minimum absolute atomic E-state index is 0.0998. The van der Waals surface area contributed by atoms with Crippen LogP contribution < -0.4 is 4.90 Å². The molecule has 2 aromatic rings. The maximum Gasteiger partial charge on any atom is 0.232 e. The van der Waals surface area contributed by atoms with Crippen molar-refractivity contribution in [3.05, 3.63) is 57.6 Å². The highest BCUT2D eigenvalue weighted by molar-refractivity contribution is 6.32. The summed E-state index contributed by atoms with van der Waals surface area (Å²) in [5.41, 5.74) is 2.41. The Labute approximate surface area is 156 Å². The van der Waals surface area contributed by atoms with Crippen molar-refractivity contribution in [1.29, 1.82) is 5.26 Å². The van der Waals surface area contributed by atoms with Gasteiger partial charge >= 0.3 is 0 Å². The van der Waals surface area contributed by atoms with Gasteiger partial charge in [0.05, 0.1) is 34.5 Å². The van der Waals surface area contributed by atoms with E-state index in [1.807, 2.05) is 0 Å². The predicted molar refractivity (Wildman–Crippen MR) is 97.5 cm³/mol. The van der Waals surface area contributed by atoms with E-state index in [-0.39, 0.29) is 12.3 Å². The fourth-order valence-corrected chi connectivity index (χ4v) is 2.87. The molecule has 0 aliphatic heterocycles. The molecule has 0 aliphatic carbocycles. The highest BCUT2D eigenvalue weighted by atomic mass is 35.5. The Balaban J connectivity index is 2.31. The van der Waals surface area contributed by atoms with Gasteiger partial charge in [-0.25, -0.2) is 4.39 Å². The Morgan fingerprint density at radius 1 is 1.38 bits per heavy atom. The van der Waals surface area contributed by atoms with Crippen molar-refractivity contribution in [3.8, 4) is 6.07 Å². The van der Waals surface area contributed by atoms with Gasteiger partial charge in [-0.3, -0.25) is 9.78 Å². The molecule has 2 rings (SSSR count). The van der Waals surface area contributed by atoms with Crippen molar-refractivity contribution in [2.45, 2.75) is 20.3 Å². The third kappa shape index (κ3) is 4.01. The van der Waals surface area contributed by atoms with Gasteiger partial charge in [0.15, 0.2) is 0 Å². The van der Waals surface area contributed by atoms with Gasteiger partial charge in [0.2, 0.25) is 5.91 Å². The first-order valence-electron chi connectivity index (χ1n) is 7.99. The molecule has 5 nitrogen and oxygen atoms in total. The number of nitrogens with zero attached hydrogens (tertiary/aromatic N) is 3. The highest BCUT2D eigenvalue weighted by Gasteiger charge is 2.26. The lowest BCUT2D eigenvalue weighted by Crippen LogP contribution is -2.36. The van der Waals surface area contributed by atoms with Crippen LogP contribution in [0.5, 0.6) is 0 Å². The molecule has 1 amide bonds. The van der Waals surface area contributed by atoms with Crippen molar-refractivity contribution >= 4 is 23.2 Å². The minimum Gasteiger partial charge on any atom is -0.396 e. The van der Waals surface area contributed by atoms with Crippen LogP contribution in [0, 0.1) is 36.9 Å². The zero-order chi connectivity index (χ0) is 19.4. The topological polar surface area (TPSA) is 77.2 Å². The summed E-state index contributed by atoms with van der Waals surface area (Å²) in [6.45, 7) is 3.04. The van der Waals surface area contributed by atoms with Crippen molar-refractivity contribution in [2.75, 3.05) is 18.6 Å². The molecule has 1 N–H and O–H groups in total. The number of benzene rings is 1. The van der Waals surface area contributed by atoms with Crippen molar-refractivity contribution in [1.82, 2.24) is 4.98 Å². The zero-order valence-electron chi connectivity index (χ0n) is 14.8. The van der Waals surface area contributed by atoms with Crippen LogP contribution in [-0.4, -0.2) is 29.7 Å². The first-order chi connectivity index (χ1) is 12.3. The van der Waals surface area contributed by atoms with E-state index in [1.54, 1.807) is 20.9 Å². The number of aryl methyl sites for hydroxylation is 1. The Morgan fingerprint density at radius 2 is 2.00 bits per heavy atom. The number of rotatable bonds is 5. The molecule has 0 unspecified atom stereocenters.